The van der Waals surface area contributed by atoms with Crippen LogP contribution < -0.4 is 10.5 Å². The Morgan fingerprint density at radius 1 is 1.25 bits per heavy atom. The highest BCUT2D eigenvalue weighted by atomic mass is 16.5. The van der Waals surface area contributed by atoms with Crippen LogP contribution in [0.1, 0.15) is 13.8 Å². The van der Waals surface area contributed by atoms with Crippen LogP contribution in [0, 0.1) is 0 Å². The first-order valence-electron chi connectivity index (χ1n) is 3.93. The Labute approximate surface area is 73.6 Å². The lowest BCUT2D eigenvalue weighted by Crippen LogP contribution is -2.04. The standard InChI is InChI=1S/C8H11NO.CH5N/c1-7(2)10-8-3-5-9-6-4-8;1-2/h3-7H,1-2H3;2H2,1H3. The van der Waals surface area contributed by atoms with Crippen molar-refractivity contribution >= 4 is 0 Å². The highest BCUT2D eigenvalue weighted by Crippen LogP contribution is 2.08. The Kier molecular flexibility index (Phi) is 6.01. The Hall–Kier alpha value is -1.09. The summed E-state index contributed by atoms with van der Waals surface area (Å²) < 4.78 is 5.37. The second-order valence-corrected chi connectivity index (χ2v) is 2.35. The largest absolute Gasteiger partial charge is 0.491 e. The van der Waals surface area contributed by atoms with E-state index in [4.69, 9.17) is 4.74 Å². The van der Waals surface area contributed by atoms with Gasteiger partial charge in [-0.3, -0.25) is 4.98 Å². The predicted molar refractivity (Wildman–Crippen MR) is 50.1 cm³/mol. The molecule has 1 aromatic rings. The molecule has 0 unspecified atom stereocenters. The zero-order valence-corrected chi connectivity index (χ0v) is 7.82. The van der Waals surface area contributed by atoms with Gasteiger partial charge < -0.3 is 10.5 Å². The molecular formula is C9H16N2O. The molecule has 0 bridgehead atoms. The fraction of sp³-hybridized carbons (Fsp3) is 0.444. The maximum atomic E-state index is 5.37. The van der Waals surface area contributed by atoms with E-state index in [-0.39, 0.29) is 6.10 Å². The second kappa shape index (κ2) is 6.61. The predicted octanol–water partition coefficient (Wildman–Crippen LogP) is 1.44. The molecule has 68 valence electrons. The summed E-state index contributed by atoms with van der Waals surface area (Å²) in [6, 6.07) is 3.69. The minimum atomic E-state index is 0.238. The number of nitrogens with zero attached hydrogens (tertiary/aromatic N) is 1. The van der Waals surface area contributed by atoms with E-state index in [1.165, 1.54) is 7.05 Å². The molecule has 0 aliphatic heterocycles. The van der Waals surface area contributed by atoms with Gasteiger partial charge in [0, 0.05) is 12.4 Å². The van der Waals surface area contributed by atoms with Gasteiger partial charge in [-0.05, 0) is 33.0 Å². The Morgan fingerprint density at radius 3 is 2.17 bits per heavy atom. The smallest absolute Gasteiger partial charge is 0.122 e. The number of nitrogens with two attached hydrogens (primary N) is 1. The third kappa shape index (κ3) is 4.68. The van der Waals surface area contributed by atoms with Crippen molar-refractivity contribution in [2.24, 2.45) is 5.73 Å². The molecule has 12 heavy (non-hydrogen) atoms. The second-order valence-electron chi connectivity index (χ2n) is 2.35. The molecule has 0 radical (unpaired) electrons. The van der Waals surface area contributed by atoms with Crippen molar-refractivity contribution in [1.29, 1.82) is 0 Å². The number of aromatic nitrogens is 1. The Balaban J connectivity index is 0.000000561. The van der Waals surface area contributed by atoms with Crippen LogP contribution in [0.3, 0.4) is 0 Å². The molecule has 0 aromatic carbocycles. The van der Waals surface area contributed by atoms with E-state index >= 15 is 0 Å². The quantitative estimate of drug-likeness (QED) is 0.727. The number of pyridine rings is 1. The lowest BCUT2D eigenvalue weighted by Gasteiger charge is -2.07. The van der Waals surface area contributed by atoms with Crippen LogP contribution in [0.2, 0.25) is 0 Å². The maximum Gasteiger partial charge on any atom is 0.122 e. The first-order chi connectivity index (χ1) is 5.79. The third-order valence-electron chi connectivity index (χ3n) is 1.02. The van der Waals surface area contributed by atoms with E-state index in [0.717, 1.165) is 5.75 Å². The van der Waals surface area contributed by atoms with E-state index in [1.54, 1.807) is 12.4 Å². The van der Waals surface area contributed by atoms with Crippen molar-refractivity contribution < 1.29 is 4.74 Å². The summed E-state index contributed by atoms with van der Waals surface area (Å²) in [5.74, 6) is 0.880. The molecule has 3 nitrogen and oxygen atoms in total. The third-order valence-corrected chi connectivity index (χ3v) is 1.02. The van der Waals surface area contributed by atoms with Crippen LogP contribution in [-0.2, 0) is 0 Å². The van der Waals surface area contributed by atoms with Crippen molar-refractivity contribution in [3.05, 3.63) is 24.5 Å². The van der Waals surface area contributed by atoms with Gasteiger partial charge in [0.05, 0.1) is 6.10 Å². The molecule has 1 heterocycles. The van der Waals surface area contributed by atoms with Gasteiger partial charge in [0.25, 0.3) is 0 Å². The summed E-state index contributed by atoms with van der Waals surface area (Å²) in [6.07, 6.45) is 3.68. The van der Waals surface area contributed by atoms with Gasteiger partial charge in [0.15, 0.2) is 0 Å². The van der Waals surface area contributed by atoms with Crippen molar-refractivity contribution in [2.75, 3.05) is 7.05 Å². The first kappa shape index (κ1) is 10.9. The summed E-state index contributed by atoms with van der Waals surface area (Å²) in [6.45, 7) is 4.00. The van der Waals surface area contributed by atoms with Gasteiger partial charge in [-0.25, -0.2) is 0 Å². The Bertz CT molecular complexity index is 187. The van der Waals surface area contributed by atoms with Crippen LogP contribution in [0.5, 0.6) is 5.75 Å². The average Bonchev–Trinajstić information content (AvgIpc) is 2.08. The van der Waals surface area contributed by atoms with Gasteiger partial charge in [0.2, 0.25) is 0 Å². The molecule has 1 aromatic heterocycles. The molecule has 3 heteroatoms. The topological polar surface area (TPSA) is 48.1 Å². The molecule has 0 saturated carbocycles. The van der Waals surface area contributed by atoms with Gasteiger partial charge >= 0.3 is 0 Å². The van der Waals surface area contributed by atoms with Crippen LogP contribution in [0.4, 0.5) is 0 Å². The van der Waals surface area contributed by atoms with Gasteiger partial charge in [0.1, 0.15) is 5.75 Å². The highest BCUT2D eigenvalue weighted by Gasteiger charge is 1.93. The molecular weight excluding hydrogens is 152 g/mol. The summed E-state index contributed by atoms with van der Waals surface area (Å²) in [5, 5.41) is 0. The van der Waals surface area contributed by atoms with Crippen molar-refractivity contribution in [2.45, 2.75) is 20.0 Å². The zero-order valence-electron chi connectivity index (χ0n) is 7.82. The van der Waals surface area contributed by atoms with E-state index < -0.39 is 0 Å². The molecule has 2 N–H and O–H groups in total. The van der Waals surface area contributed by atoms with Gasteiger partial charge in [-0.2, -0.15) is 0 Å². The van der Waals surface area contributed by atoms with E-state index in [0.29, 0.717) is 0 Å². The Morgan fingerprint density at radius 2 is 1.75 bits per heavy atom. The van der Waals surface area contributed by atoms with Crippen LogP contribution >= 0.6 is 0 Å². The van der Waals surface area contributed by atoms with Crippen LogP contribution in [0.25, 0.3) is 0 Å². The van der Waals surface area contributed by atoms with E-state index in [2.05, 4.69) is 10.7 Å². The maximum absolute atomic E-state index is 5.37. The molecule has 0 atom stereocenters. The minimum Gasteiger partial charge on any atom is -0.491 e. The summed E-state index contributed by atoms with van der Waals surface area (Å²) >= 11 is 0. The molecule has 0 aliphatic carbocycles. The van der Waals surface area contributed by atoms with Crippen molar-refractivity contribution in [3.63, 3.8) is 0 Å². The fourth-order valence-electron chi connectivity index (χ4n) is 0.689. The molecule has 0 fully saturated rings. The van der Waals surface area contributed by atoms with E-state index in [1.807, 2.05) is 26.0 Å². The lowest BCUT2D eigenvalue weighted by molar-refractivity contribution is 0.242. The molecule has 0 aliphatic rings. The van der Waals surface area contributed by atoms with Gasteiger partial charge in [-0.1, -0.05) is 0 Å². The summed E-state index contributed by atoms with van der Waals surface area (Å²) in [5.41, 5.74) is 4.50. The summed E-state index contributed by atoms with van der Waals surface area (Å²) in [4.78, 5) is 3.87. The van der Waals surface area contributed by atoms with Crippen LogP contribution in [-0.4, -0.2) is 18.1 Å². The van der Waals surface area contributed by atoms with Crippen molar-refractivity contribution in [3.8, 4) is 5.75 Å². The number of hydrogen-bond donors (Lipinski definition) is 1. The molecule has 0 saturated heterocycles. The average molecular weight is 168 g/mol. The molecule has 0 amide bonds. The fourth-order valence-corrected chi connectivity index (χ4v) is 0.689. The van der Waals surface area contributed by atoms with Crippen molar-refractivity contribution in [1.82, 2.24) is 4.98 Å². The highest BCUT2D eigenvalue weighted by molar-refractivity contribution is 5.16. The number of hydrogen-bond acceptors (Lipinski definition) is 3. The van der Waals surface area contributed by atoms with Gasteiger partial charge in [-0.15, -0.1) is 0 Å². The van der Waals surface area contributed by atoms with Crippen LogP contribution in [0.15, 0.2) is 24.5 Å². The zero-order chi connectivity index (χ0) is 9.40. The number of ether oxygens (including phenoxy) is 1. The SMILES string of the molecule is CC(C)Oc1ccncc1.CN. The lowest BCUT2D eigenvalue weighted by atomic mass is 10.4. The molecule has 1 rings (SSSR count). The monoisotopic (exact) mass is 168 g/mol. The summed E-state index contributed by atoms with van der Waals surface area (Å²) in [7, 11) is 1.50. The van der Waals surface area contributed by atoms with E-state index in [9.17, 15) is 0 Å². The first-order valence-corrected chi connectivity index (χ1v) is 3.93. The normalized spacial score (nSPS) is 8.75. The number of rotatable bonds is 2. The minimum absolute atomic E-state index is 0.238. The molecule has 0 spiro atoms.